The van der Waals surface area contributed by atoms with Crippen LogP contribution in [0.4, 0.5) is 0 Å². The molecule has 4 fully saturated rings. The molecule has 76 heavy (non-hydrogen) atoms. The summed E-state index contributed by atoms with van der Waals surface area (Å²) < 4.78 is 36.4. The lowest BCUT2D eigenvalue weighted by Crippen LogP contribution is -2.75. The number of oxime groups is 1. The Hall–Kier alpha value is -1.31. The molecule has 0 aliphatic carbocycles. The number of hydrogen-bond acceptors (Lipinski definition) is 16. The zero-order chi connectivity index (χ0) is 59.9. The first-order valence-corrected chi connectivity index (χ1v) is 30.7. The van der Waals surface area contributed by atoms with E-state index < -0.39 is 35.7 Å². The minimum atomic E-state index is -3.43. The molecule has 18 heteroatoms. The molecular weight excluding hydrogens is 988 g/mol. The van der Waals surface area contributed by atoms with Gasteiger partial charge in [0.05, 0.1) is 48.8 Å². The molecule has 4 aliphatic rings. The van der Waals surface area contributed by atoms with Crippen molar-refractivity contribution >= 4 is 19.2 Å². The fraction of sp³-hybridized carbons (Fsp3) is 0.966. The maximum absolute atomic E-state index is 13.0. The molecule has 4 rings (SSSR count). The van der Waals surface area contributed by atoms with Gasteiger partial charge in [-0.2, -0.15) is 20.3 Å². The van der Waals surface area contributed by atoms with E-state index in [0.29, 0.717) is 45.4 Å². The number of amides is 1. The van der Waals surface area contributed by atoms with Gasteiger partial charge in [0.1, 0.15) is 11.3 Å². The van der Waals surface area contributed by atoms with Crippen LogP contribution in [0.1, 0.15) is 251 Å². The first-order chi connectivity index (χ1) is 34.4. The van der Waals surface area contributed by atoms with Crippen molar-refractivity contribution in [3.63, 3.8) is 0 Å². The van der Waals surface area contributed by atoms with Crippen molar-refractivity contribution in [1.82, 2.24) is 25.2 Å². The van der Waals surface area contributed by atoms with Gasteiger partial charge in [-0.3, -0.25) is 9.36 Å². The predicted octanol–water partition coefficient (Wildman–Crippen LogP) is 14.3. The molecule has 0 saturated carbocycles. The van der Waals surface area contributed by atoms with Gasteiger partial charge in [-0.15, -0.1) is 0 Å². The van der Waals surface area contributed by atoms with Gasteiger partial charge in [0.15, 0.2) is 5.79 Å². The summed E-state index contributed by atoms with van der Waals surface area (Å²) in [5, 5.41) is 60.7. The Balaban J connectivity index is 0.000000509. The molecular formula is C58H119N6O11P. The maximum atomic E-state index is 13.0. The Labute approximate surface area is 464 Å². The minimum absolute atomic E-state index is 0.0621. The smallest absolute Gasteiger partial charge is 0.350 e. The number of carbonyl (C=O) groups excluding carboxylic acids is 1. The van der Waals surface area contributed by atoms with Crippen LogP contribution in [0.25, 0.3) is 0 Å². The lowest BCUT2D eigenvalue weighted by atomic mass is 9.67. The summed E-state index contributed by atoms with van der Waals surface area (Å²) >= 11 is 0. The van der Waals surface area contributed by atoms with Crippen LogP contribution in [0.5, 0.6) is 0 Å². The highest BCUT2D eigenvalue weighted by Gasteiger charge is 2.63. The number of hydroxylamine groups is 8. The first-order valence-electron chi connectivity index (χ1n) is 29.1. The van der Waals surface area contributed by atoms with Gasteiger partial charge in [-0.25, -0.2) is 0 Å². The van der Waals surface area contributed by atoms with Crippen molar-refractivity contribution in [3.05, 3.63) is 0 Å². The van der Waals surface area contributed by atoms with Crippen molar-refractivity contribution in [2.45, 2.75) is 307 Å². The molecule has 0 aromatic rings. The van der Waals surface area contributed by atoms with E-state index in [1.54, 1.807) is 18.9 Å². The summed E-state index contributed by atoms with van der Waals surface area (Å²) in [6.45, 7) is 56.9. The van der Waals surface area contributed by atoms with Crippen LogP contribution < -0.4 is 0 Å². The second-order valence-electron chi connectivity index (χ2n) is 27.4. The average Bonchev–Trinajstić information content (AvgIpc) is 3.34. The number of carbonyl (C=O) groups is 1. The quantitative estimate of drug-likeness (QED) is 0.0624. The molecule has 1 amide bonds. The van der Waals surface area contributed by atoms with E-state index in [0.717, 1.165) is 49.3 Å². The third-order valence-corrected chi connectivity index (χ3v) is 21.4. The lowest BCUT2D eigenvalue weighted by molar-refractivity contribution is -0.399. The van der Waals surface area contributed by atoms with Crippen LogP contribution in [-0.4, -0.2) is 152 Å². The SMILES string of the molecule is CCC1(C)C/C(=N/O)C(C)C(C)(CC)N1O.CCC1(C)CC2(OCC(C)(C)CO2)C(C)C(C)(CC)N1O.CCC1(CC)CN(C(C)(C)C)C(=O)C(CC)(CC)N1O.CCOP(=O)(OCC)C(N(O)C(C)(C)C)C(C)(C)C. The van der Waals surface area contributed by atoms with Crippen LogP contribution in [0.3, 0.4) is 0 Å². The number of rotatable bonds is 14. The monoisotopic (exact) mass is 1110 g/mol. The molecule has 0 bridgehead atoms. The molecule has 0 aromatic heterocycles. The summed E-state index contributed by atoms with van der Waals surface area (Å²) in [6, 6.07) is 0. The third-order valence-electron chi connectivity index (χ3n) is 18.6. The molecule has 4 heterocycles. The second kappa shape index (κ2) is 26.7. The maximum Gasteiger partial charge on any atom is 0.350 e. The molecule has 0 radical (unpaired) electrons. The Morgan fingerprint density at radius 1 is 0.684 bits per heavy atom. The molecule has 4 aliphatic heterocycles. The van der Waals surface area contributed by atoms with Gasteiger partial charge in [0.2, 0.25) is 5.91 Å². The van der Waals surface area contributed by atoms with Gasteiger partial charge in [0, 0.05) is 58.8 Å². The molecule has 1 spiro atoms. The topological polar surface area (TPSA) is 201 Å². The van der Waals surface area contributed by atoms with Crippen molar-refractivity contribution < 1.29 is 53.9 Å². The van der Waals surface area contributed by atoms with Gasteiger partial charge in [-0.1, -0.05) is 109 Å². The number of nitrogens with zero attached hydrogens (tertiary/aromatic N) is 6. The van der Waals surface area contributed by atoms with Gasteiger partial charge in [-0.05, 0) is 140 Å². The van der Waals surface area contributed by atoms with Crippen LogP contribution in [-0.2, 0) is 27.9 Å². The van der Waals surface area contributed by atoms with Gasteiger partial charge >= 0.3 is 7.60 Å². The van der Waals surface area contributed by atoms with E-state index in [1.807, 2.05) is 88.0 Å². The van der Waals surface area contributed by atoms with E-state index in [1.165, 1.54) is 10.1 Å². The largest absolute Gasteiger partial charge is 0.411 e. The Bertz CT molecular complexity index is 1880. The van der Waals surface area contributed by atoms with E-state index in [2.05, 4.69) is 95.2 Å². The van der Waals surface area contributed by atoms with Crippen LogP contribution in [0, 0.1) is 22.7 Å². The predicted molar refractivity (Wildman–Crippen MR) is 306 cm³/mol. The fourth-order valence-corrected chi connectivity index (χ4v) is 14.4. The lowest BCUT2D eigenvalue weighted by Gasteiger charge is -2.63. The van der Waals surface area contributed by atoms with E-state index in [9.17, 15) is 30.2 Å². The molecule has 4 saturated heterocycles. The van der Waals surface area contributed by atoms with Crippen molar-refractivity contribution in [2.24, 2.45) is 27.8 Å². The number of piperidine rings is 2. The molecule has 17 nitrogen and oxygen atoms in total. The third kappa shape index (κ3) is 14.8. The minimum Gasteiger partial charge on any atom is -0.411 e. The summed E-state index contributed by atoms with van der Waals surface area (Å²) in [7, 11) is -3.43. The fourth-order valence-electron chi connectivity index (χ4n) is 11.7. The molecule has 7 unspecified atom stereocenters. The van der Waals surface area contributed by atoms with E-state index in [4.69, 9.17) is 23.7 Å². The molecule has 0 aromatic carbocycles. The summed E-state index contributed by atoms with van der Waals surface area (Å²) in [5.74, 6) is -1.07. The highest BCUT2D eigenvalue weighted by molar-refractivity contribution is 7.54. The van der Waals surface area contributed by atoms with Gasteiger partial charge in [0.25, 0.3) is 0 Å². The number of piperazine rings is 1. The standard InChI is InChI=1S/C17H33NO3.C16H32N2O2.C13H30NO4P.C12H24N2O2/c1-8-15(6)10-17(20-11-14(4,5)12-21-17)13(3)16(7,9-2)18(15)19;1-8-15(9-2)12-17(14(5,6)7)13(19)16(10-3,11-4)18(15)20;1-9-17-19(16,18-10-2)11(12(3,4)5)14(15)13(6,7)8;1-6-11(4)8-10(13-15)9(3)12(5,7-2)14(11)16/h13,19H,8-12H2,1-7H3;20H,8-12H2,1-7H3;11,15H,9-10H2,1-8H3;9,15-16H,6-8H2,1-5H3/b;;;13-10-. The van der Waals surface area contributed by atoms with Crippen molar-refractivity contribution in [1.29, 1.82) is 0 Å². The summed E-state index contributed by atoms with van der Waals surface area (Å²) in [5.41, 5.74) is -2.85. The highest BCUT2D eigenvalue weighted by Crippen LogP contribution is 2.60. The zero-order valence-electron chi connectivity index (χ0n) is 53.7. The van der Waals surface area contributed by atoms with Crippen LogP contribution >= 0.6 is 7.60 Å². The zero-order valence-corrected chi connectivity index (χ0v) is 54.5. The Kier molecular flexibility index (Phi) is 25.6. The normalized spacial score (nSPS) is 31.2. The highest BCUT2D eigenvalue weighted by atomic mass is 31.2. The summed E-state index contributed by atoms with van der Waals surface area (Å²) in [6.07, 6.45) is 7.63. The molecule has 452 valence electrons. The molecule has 5 N–H and O–H groups in total. The average molecular weight is 1110 g/mol. The van der Waals surface area contributed by atoms with Gasteiger partial charge < -0.3 is 49.5 Å². The van der Waals surface area contributed by atoms with Crippen molar-refractivity contribution in [2.75, 3.05) is 33.0 Å². The Morgan fingerprint density at radius 3 is 1.45 bits per heavy atom. The number of hydrogen-bond donors (Lipinski definition) is 5. The summed E-state index contributed by atoms with van der Waals surface area (Å²) in [4.78, 5) is 15.0. The first kappa shape index (κ1) is 72.7. The second-order valence-corrected chi connectivity index (χ2v) is 29.4. The van der Waals surface area contributed by atoms with E-state index >= 15 is 0 Å². The van der Waals surface area contributed by atoms with Crippen LogP contribution in [0.15, 0.2) is 5.16 Å². The van der Waals surface area contributed by atoms with Crippen LogP contribution in [0.2, 0.25) is 0 Å². The van der Waals surface area contributed by atoms with Crippen molar-refractivity contribution in [3.8, 4) is 0 Å². The molecule has 7 atom stereocenters. The Morgan fingerprint density at radius 2 is 1.12 bits per heavy atom. The number of ether oxygens (including phenoxy) is 2. The van der Waals surface area contributed by atoms with E-state index in [-0.39, 0.29) is 69.6 Å².